The van der Waals surface area contributed by atoms with Gasteiger partial charge in [0.2, 0.25) is 0 Å². The van der Waals surface area contributed by atoms with Crippen LogP contribution in [0.4, 0.5) is 0 Å². The van der Waals surface area contributed by atoms with Crippen LogP contribution in [0.1, 0.15) is 51.9 Å². The number of aromatic nitrogens is 2. The quantitative estimate of drug-likeness (QED) is 0.628. The van der Waals surface area contributed by atoms with Gasteiger partial charge in [0.05, 0.1) is 5.56 Å². The van der Waals surface area contributed by atoms with Crippen molar-refractivity contribution >= 4 is 11.7 Å². The molecule has 0 bridgehead atoms. The number of aromatic amines is 1. The summed E-state index contributed by atoms with van der Waals surface area (Å²) in [6.07, 6.45) is 4.46. The Hall–Kier alpha value is -3.15. The van der Waals surface area contributed by atoms with Crippen molar-refractivity contribution in [2.24, 2.45) is 5.92 Å². The minimum atomic E-state index is -0.204. The second-order valence-corrected chi connectivity index (χ2v) is 6.83. The van der Waals surface area contributed by atoms with Crippen LogP contribution in [0.25, 0.3) is 11.3 Å². The zero-order valence-electron chi connectivity index (χ0n) is 15.1. The third-order valence-corrected chi connectivity index (χ3v) is 4.80. The number of carbonyl (C=O) groups excluding carboxylic acids is 2. The van der Waals surface area contributed by atoms with Crippen LogP contribution in [0.2, 0.25) is 0 Å². The summed E-state index contributed by atoms with van der Waals surface area (Å²) in [7, 11) is 0. The molecule has 138 valence electrons. The topological polar surface area (TPSA) is 88.0 Å². The van der Waals surface area contributed by atoms with Gasteiger partial charge in [-0.25, -0.2) is 0 Å². The van der Waals surface area contributed by atoms with E-state index in [4.69, 9.17) is 4.52 Å². The first kappa shape index (κ1) is 17.3. The van der Waals surface area contributed by atoms with Crippen LogP contribution < -0.4 is 5.32 Å². The molecule has 4 rings (SSSR count). The molecule has 0 spiro atoms. The lowest BCUT2D eigenvalue weighted by Crippen LogP contribution is -2.25. The first-order chi connectivity index (χ1) is 13.2. The molecule has 6 nitrogen and oxygen atoms in total. The predicted molar refractivity (Wildman–Crippen MR) is 101 cm³/mol. The van der Waals surface area contributed by atoms with E-state index in [0.29, 0.717) is 47.2 Å². The molecule has 2 aromatic heterocycles. The Bertz CT molecular complexity index is 968. The van der Waals surface area contributed by atoms with Crippen LogP contribution in [0.5, 0.6) is 0 Å². The van der Waals surface area contributed by atoms with Crippen molar-refractivity contribution in [3.05, 3.63) is 65.2 Å². The summed E-state index contributed by atoms with van der Waals surface area (Å²) in [6.45, 7) is 2.60. The van der Waals surface area contributed by atoms with E-state index in [-0.39, 0.29) is 11.7 Å². The summed E-state index contributed by atoms with van der Waals surface area (Å²) in [5.74, 6) is 0.747. The normalized spacial score (nSPS) is 13.5. The molecule has 1 saturated carbocycles. The van der Waals surface area contributed by atoms with Crippen molar-refractivity contribution in [1.29, 1.82) is 0 Å². The molecular formula is C21H21N3O3. The fraction of sp³-hybridized carbons (Fsp3) is 0.286. The molecule has 1 aliphatic carbocycles. The van der Waals surface area contributed by atoms with Crippen molar-refractivity contribution in [3.63, 3.8) is 0 Å². The fourth-order valence-electron chi connectivity index (χ4n) is 3.05. The van der Waals surface area contributed by atoms with Crippen molar-refractivity contribution < 1.29 is 14.1 Å². The van der Waals surface area contributed by atoms with Crippen LogP contribution in [-0.2, 0) is 6.42 Å². The number of hydrogen-bond donors (Lipinski definition) is 2. The molecule has 2 heterocycles. The van der Waals surface area contributed by atoms with Gasteiger partial charge in [0.15, 0.2) is 5.78 Å². The summed E-state index contributed by atoms with van der Waals surface area (Å²) < 4.78 is 5.41. The number of benzene rings is 1. The third kappa shape index (κ3) is 3.56. The maximum absolute atomic E-state index is 13.1. The summed E-state index contributed by atoms with van der Waals surface area (Å²) in [5.41, 5.74) is 2.60. The van der Waals surface area contributed by atoms with Gasteiger partial charge in [-0.05, 0) is 24.8 Å². The summed E-state index contributed by atoms with van der Waals surface area (Å²) >= 11 is 0. The average molecular weight is 363 g/mol. The molecule has 0 saturated heterocycles. The predicted octanol–water partition coefficient (Wildman–Crippen LogP) is 3.60. The standard InChI is InChI=1S/C21H21N3O3/c1-2-17-18(19(24-27-17)14-6-4-3-5-7-14)20(25)15-10-16(22-12-15)21(26)23-11-13-8-9-13/h3-7,10,12-13,22H,2,8-9,11H2,1H3,(H,23,26). The largest absolute Gasteiger partial charge is 0.360 e. The molecule has 3 aromatic rings. The van der Waals surface area contributed by atoms with Gasteiger partial charge >= 0.3 is 0 Å². The smallest absolute Gasteiger partial charge is 0.267 e. The van der Waals surface area contributed by atoms with E-state index in [9.17, 15) is 9.59 Å². The number of aryl methyl sites for hydroxylation is 1. The van der Waals surface area contributed by atoms with Crippen LogP contribution in [0, 0.1) is 5.92 Å². The molecule has 1 fully saturated rings. The van der Waals surface area contributed by atoms with E-state index in [0.717, 1.165) is 5.56 Å². The molecule has 2 N–H and O–H groups in total. The zero-order chi connectivity index (χ0) is 18.8. The Morgan fingerprint density at radius 2 is 2.04 bits per heavy atom. The van der Waals surface area contributed by atoms with Crippen LogP contribution in [0.15, 0.2) is 47.1 Å². The summed E-state index contributed by atoms with van der Waals surface area (Å²) in [4.78, 5) is 28.3. The molecular weight excluding hydrogens is 342 g/mol. The number of rotatable bonds is 7. The van der Waals surface area contributed by atoms with Crippen LogP contribution in [-0.4, -0.2) is 28.4 Å². The highest BCUT2D eigenvalue weighted by Gasteiger charge is 2.26. The van der Waals surface area contributed by atoms with E-state index in [1.54, 1.807) is 12.3 Å². The molecule has 0 atom stereocenters. The number of ketones is 1. The number of amides is 1. The molecule has 1 aromatic carbocycles. The summed E-state index contributed by atoms with van der Waals surface area (Å²) in [6, 6.07) is 11.1. The second-order valence-electron chi connectivity index (χ2n) is 6.83. The minimum absolute atomic E-state index is 0.190. The van der Waals surface area contributed by atoms with E-state index >= 15 is 0 Å². The minimum Gasteiger partial charge on any atom is -0.360 e. The first-order valence-electron chi connectivity index (χ1n) is 9.22. The number of H-pyrrole nitrogens is 1. The van der Waals surface area contributed by atoms with Gasteiger partial charge < -0.3 is 14.8 Å². The van der Waals surface area contributed by atoms with Gasteiger partial charge in [0, 0.05) is 30.3 Å². The molecule has 27 heavy (non-hydrogen) atoms. The van der Waals surface area contributed by atoms with Gasteiger partial charge in [0.1, 0.15) is 17.1 Å². The van der Waals surface area contributed by atoms with Crippen LogP contribution >= 0.6 is 0 Å². The average Bonchev–Trinajstić information content (AvgIpc) is 3.22. The van der Waals surface area contributed by atoms with Gasteiger partial charge in [-0.3, -0.25) is 9.59 Å². The Labute approximate surface area is 157 Å². The highest BCUT2D eigenvalue weighted by atomic mass is 16.5. The van der Waals surface area contributed by atoms with Crippen molar-refractivity contribution in [2.45, 2.75) is 26.2 Å². The molecule has 0 radical (unpaired) electrons. The highest BCUT2D eigenvalue weighted by Crippen LogP contribution is 2.29. The zero-order valence-corrected chi connectivity index (χ0v) is 15.1. The number of hydrogen-bond acceptors (Lipinski definition) is 4. The fourth-order valence-corrected chi connectivity index (χ4v) is 3.05. The molecule has 0 unspecified atom stereocenters. The van der Waals surface area contributed by atoms with E-state index < -0.39 is 0 Å². The van der Waals surface area contributed by atoms with Crippen LogP contribution in [0.3, 0.4) is 0 Å². The molecule has 1 aliphatic rings. The van der Waals surface area contributed by atoms with Gasteiger partial charge in [-0.1, -0.05) is 42.4 Å². The number of nitrogens with zero attached hydrogens (tertiary/aromatic N) is 1. The first-order valence-corrected chi connectivity index (χ1v) is 9.22. The third-order valence-electron chi connectivity index (χ3n) is 4.80. The number of nitrogens with one attached hydrogen (secondary N) is 2. The van der Waals surface area contributed by atoms with Crippen molar-refractivity contribution in [1.82, 2.24) is 15.5 Å². The monoisotopic (exact) mass is 363 g/mol. The van der Waals surface area contributed by atoms with E-state index in [1.807, 2.05) is 37.3 Å². The second kappa shape index (κ2) is 7.23. The highest BCUT2D eigenvalue weighted by molar-refractivity contribution is 6.13. The Morgan fingerprint density at radius 1 is 1.26 bits per heavy atom. The lowest BCUT2D eigenvalue weighted by molar-refractivity contribution is 0.0947. The maximum Gasteiger partial charge on any atom is 0.267 e. The number of carbonyl (C=O) groups is 2. The van der Waals surface area contributed by atoms with Gasteiger partial charge in [0.25, 0.3) is 5.91 Å². The van der Waals surface area contributed by atoms with Crippen molar-refractivity contribution in [3.8, 4) is 11.3 Å². The Morgan fingerprint density at radius 3 is 2.74 bits per heavy atom. The lowest BCUT2D eigenvalue weighted by atomic mass is 9.98. The Kier molecular flexibility index (Phi) is 4.62. The van der Waals surface area contributed by atoms with Gasteiger partial charge in [-0.15, -0.1) is 0 Å². The molecule has 6 heteroatoms. The SMILES string of the molecule is CCc1onc(-c2ccccc2)c1C(=O)c1c[nH]c(C(=O)NCC2CC2)c1. The van der Waals surface area contributed by atoms with E-state index in [1.165, 1.54) is 12.8 Å². The molecule has 0 aliphatic heterocycles. The van der Waals surface area contributed by atoms with Gasteiger partial charge in [-0.2, -0.15) is 0 Å². The lowest BCUT2D eigenvalue weighted by Gasteiger charge is -2.02. The van der Waals surface area contributed by atoms with E-state index in [2.05, 4.69) is 15.5 Å². The Balaban J connectivity index is 1.61. The summed E-state index contributed by atoms with van der Waals surface area (Å²) in [5, 5.41) is 7.01. The molecule has 1 amide bonds. The van der Waals surface area contributed by atoms with Crippen molar-refractivity contribution in [2.75, 3.05) is 6.54 Å². The maximum atomic E-state index is 13.1.